The first kappa shape index (κ1) is 13.7. The van der Waals surface area contributed by atoms with Crippen molar-refractivity contribution in [2.45, 2.75) is 33.6 Å². The highest BCUT2D eigenvalue weighted by Crippen LogP contribution is 2.23. The molecular weight excluding hydrogens is 212 g/mol. The van der Waals surface area contributed by atoms with E-state index >= 15 is 0 Å². The minimum Gasteiger partial charge on any atom is -0.354 e. The molecule has 3 N–H and O–H groups in total. The molecule has 1 aromatic rings. The van der Waals surface area contributed by atoms with Crippen molar-refractivity contribution < 1.29 is 4.79 Å². The molecule has 0 aromatic heterocycles. The number of benzene rings is 1. The number of hydrogen-bond donors (Lipinski definition) is 2. The Morgan fingerprint density at radius 1 is 1.24 bits per heavy atom. The third kappa shape index (κ3) is 3.30. The molecule has 0 saturated heterocycles. The zero-order chi connectivity index (χ0) is 13.0. The number of nitrogens with two attached hydrogens (primary N) is 1. The maximum atomic E-state index is 11.9. The number of amides is 1. The average Bonchev–Trinajstić information content (AvgIpc) is 2.29. The summed E-state index contributed by atoms with van der Waals surface area (Å²) in [7, 11) is 0. The highest BCUT2D eigenvalue weighted by molar-refractivity contribution is 5.83. The van der Waals surface area contributed by atoms with Crippen molar-refractivity contribution in [3.8, 4) is 0 Å². The summed E-state index contributed by atoms with van der Waals surface area (Å²) in [6.45, 7) is 9.16. The maximum Gasteiger partial charge on any atom is 0.227 e. The lowest BCUT2D eigenvalue weighted by Crippen LogP contribution is -2.32. The van der Waals surface area contributed by atoms with Gasteiger partial charge in [-0.05, 0) is 49.9 Å². The van der Waals surface area contributed by atoms with E-state index in [9.17, 15) is 4.79 Å². The van der Waals surface area contributed by atoms with Crippen molar-refractivity contribution in [1.29, 1.82) is 0 Å². The van der Waals surface area contributed by atoms with Gasteiger partial charge in [0.25, 0.3) is 0 Å². The van der Waals surface area contributed by atoms with Gasteiger partial charge in [-0.1, -0.05) is 12.1 Å². The Hall–Kier alpha value is -1.35. The summed E-state index contributed by atoms with van der Waals surface area (Å²) in [6, 6.07) is 4.24. The van der Waals surface area contributed by atoms with E-state index in [0.717, 1.165) is 5.56 Å². The molecule has 0 aliphatic heterocycles. The quantitative estimate of drug-likeness (QED) is 0.834. The predicted molar refractivity (Wildman–Crippen MR) is 71.1 cm³/mol. The van der Waals surface area contributed by atoms with Crippen LogP contribution in [0.1, 0.15) is 35.1 Å². The Bertz CT molecular complexity index is 413. The standard InChI is InChI=1S/C14H22N2O/c1-9-7-11(3)13(8-10(9)2)12(4)14(17)16-6-5-15/h7-8,12H,5-6,15H2,1-4H3,(H,16,17). The van der Waals surface area contributed by atoms with Gasteiger partial charge in [0.2, 0.25) is 5.91 Å². The highest BCUT2D eigenvalue weighted by atomic mass is 16.1. The third-order valence-electron chi connectivity index (χ3n) is 3.19. The van der Waals surface area contributed by atoms with E-state index in [1.807, 2.05) is 6.92 Å². The van der Waals surface area contributed by atoms with Crippen LogP contribution in [0.15, 0.2) is 12.1 Å². The number of hydrogen-bond acceptors (Lipinski definition) is 2. The number of aryl methyl sites for hydroxylation is 3. The largest absolute Gasteiger partial charge is 0.354 e. The normalized spacial score (nSPS) is 12.3. The lowest BCUT2D eigenvalue weighted by molar-refractivity contribution is -0.122. The Balaban J connectivity index is 2.92. The molecule has 3 nitrogen and oxygen atoms in total. The second-order valence-electron chi connectivity index (χ2n) is 4.59. The van der Waals surface area contributed by atoms with Crippen molar-refractivity contribution in [2.75, 3.05) is 13.1 Å². The van der Waals surface area contributed by atoms with Crippen molar-refractivity contribution >= 4 is 5.91 Å². The fourth-order valence-electron chi connectivity index (χ4n) is 1.94. The van der Waals surface area contributed by atoms with Crippen LogP contribution in [0.3, 0.4) is 0 Å². The molecule has 1 aromatic carbocycles. The average molecular weight is 234 g/mol. The molecule has 1 amide bonds. The zero-order valence-corrected chi connectivity index (χ0v) is 11.1. The Morgan fingerprint density at radius 2 is 1.82 bits per heavy atom. The van der Waals surface area contributed by atoms with Gasteiger partial charge in [-0.15, -0.1) is 0 Å². The molecule has 0 bridgehead atoms. The molecule has 1 atom stereocenters. The van der Waals surface area contributed by atoms with Gasteiger partial charge < -0.3 is 11.1 Å². The summed E-state index contributed by atoms with van der Waals surface area (Å²) in [5.74, 6) is -0.0809. The fraction of sp³-hybridized carbons (Fsp3) is 0.500. The summed E-state index contributed by atoms with van der Waals surface area (Å²) >= 11 is 0. The summed E-state index contributed by atoms with van der Waals surface area (Å²) in [5.41, 5.74) is 10.1. The second kappa shape index (κ2) is 5.82. The van der Waals surface area contributed by atoms with Gasteiger partial charge in [0.05, 0.1) is 5.92 Å². The molecule has 0 radical (unpaired) electrons. The van der Waals surface area contributed by atoms with E-state index < -0.39 is 0 Å². The van der Waals surface area contributed by atoms with Crippen LogP contribution >= 0.6 is 0 Å². The summed E-state index contributed by atoms with van der Waals surface area (Å²) in [5, 5.41) is 2.83. The fourth-order valence-corrected chi connectivity index (χ4v) is 1.94. The van der Waals surface area contributed by atoms with Gasteiger partial charge in [-0.2, -0.15) is 0 Å². The molecule has 0 saturated carbocycles. The van der Waals surface area contributed by atoms with Crippen molar-refractivity contribution in [3.05, 3.63) is 34.4 Å². The van der Waals surface area contributed by atoms with Gasteiger partial charge in [0.1, 0.15) is 0 Å². The smallest absolute Gasteiger partial charge is 0.227 e. The monoisotopic (exact) mass is 234 g/mol. The van der Waals surface area contributed by atoms with Crippen LogP contribution in [-0.4, -0.2) is 19.0 Å². The number of carbonyl (C=O) groups excluding carboxylic acids is 1. The van der Waals surface area contributed by atoms with E-state index in [1.54, 1.807) is 0 Å². The van der Waals surface area contributed by atoms with Crippen molar-refractivity contribution in [2.24, 2.45) is 5.73 Å². The van der Waals surface area contributed by atoms with Crippen LogP contribution in [0.4, 0.5) is 0 Å². The first-order chi connectivity index (χ1) is 7.97. The molecule has 1 rings (SSSR count). The minimum absolute atomic E-state index is 0.0433. The molecule has 0 fully saturated rings. The first-order valence-corrected chi connectivity index (χ1v) is 6.03. The molecule has 1 unspecified atom stereocenters. The molecule has 94 valence electrons. The summed E-state index contributed by atoms with van der Waals surface area (Å²) in [4.78, 5) is 11.9. The second-order valence-corrected chi connectivity index (χ2v) is 4.59. The lowest BCUT2D eigenvalue weighted by Gasteiger charge is -2.16. The molecule has 17 heavy (non-hydrogen) atoms. The summed E-state index contributed by atoms with van der Waals surface area (Å²) in [6.07, 6.45) is 0. The first-order valence-electron chi connectivity index (χ1n) is 6.03. The highest BCUT2D eigenvalue weighted by Gasteiger charge is 2.17. The molecule has 0 spiro atoms. The van der Waals surface area contributed by atoms with Gasteiger partial charge in [-0.25, -0.2) is 0 Å². The third-order valence-corrected chi connectivity index (χ3v) is 3.19. The van der Waals surface area contributed by atoms with E-state index in [0.29, 0.717) is 13.1 Å². The molecule has 3 heteroatoms. The minimum atomic E-state index is -0.124. The number of nitrogens with one attached hydrogen (secondary N) is 1. The molecule has 0 aliphatic carbocycles. The van der Waals surface area contributed by atoms with E-state index in [1.165, 1.54) is 16.7 Å². The van der Waals surface area contributed by atoms with Crippen molar-refractivity contribution in [1.82, 2.24) is 5.32 Å². The van der Waals surface area contributed by atoms with E-state index in [-0.39, 0.29) is 11.8 Å². The van der Waals surface area contributed by atoms with E-state index in [4.69, 9.17) is 5.73 Å². The van der Waals surface area contributed by atoms with Gasteiger partial charge in [0, 0.05) is 13.1 Å². The van der Waals surface area contributed by atoms with Crippen LogP contribution in [-0.2, 0) is 4.79 Å². The topological polar surface area (TPSA) is 55.1 Å². The van der Waals surface area contributed by atoms with Crippen LogP contribution in [0.5, 0.6) is 0 Å². The molecule has 0 heterocycles. The Kier molecular flexibility index (Phi) is 4.70. The van der Waals surface area contributed by atoms with Crippen molar-refractivity contribution in [3.63, 3.8) is 0 Å². The lowest BCUT2D eigenvalue weighted by atomic mass is 9.92. The van der Waals surface area contributed by atoms with E-state index in [2.05, 4.69) is 38.2 Å². The van der Waals surface area contributed by atoms with Gasteiger partial charge in [-0.3, -0.25) is 4.79 Å². The van der Waals surface area contributed by atoms with Crippen LogP contribution in [0, 0.1) is 20.8 Å². The Morgan fingerprint density at radius 3 is 2.41 bits per heavy atom. The SMILES string of the molecule is Cc1cc(C)c(C(C)C(=O)NCCN)cc1C. The van der Waals surface area contributed by atoms with Gasteiger partial charge >= 0.3 is 0 Å². The molecular formula is C14H22N2O. The van der Waals surface area contributed by atoms with Crippen LogP contribution < -0.4 is 11.1 Å². The number of carbonyl (C=O) groups is 1. The van der Waals surface area contributed by atoms with Gasteiger partial charge in [0.15, 0.2) is 0 Å². The predicted octanol–water partition coefficient (Wildman–Crippen LogP) is 1.79. The molecule has 0 aliphatic rings. The number of rotatable bonds is 4. The summed E-state index contributed by atoms with van der Waals surface area (Å²) < 4.78 is 0. The van der Waals surface area contributed by atoms with Crippen LogP contribution in [0.25, 0.3) is 0 Å². The maximum absolute atomic E-state index is 11.9. The Labute approximate surface area is 103 Å². The van der Waals surface area contributed by atoms with Crippen LogP contribution in [0.2, 0.25) is 0 Å². The zero-order valence-electron chi connectivity index (χ0n) is 11.1.